The van der Waals surface area contributed by atoms with Crippen LogP contribution in [-0.2, 0) is 25.8 Å². The normalized spacial score (nSPS) is 11.6. The van der Waals surface area contributed by atoms with Gasteiger partial charge in [-0.3, -0.25) is 13.9 Å². The molecule has 14 heteroatoms. The molecule has 0 bridgehead atoms. The molecule has 2 N–H and O–H groups in total. The van der Waals surface area contributed by atoms with Gasteiger partial charge in [0, 0.05) is 0 Å². The van der Waals surface area contributed by atoms with Gasteiger partial charge in [0.25, 0.3) is 21.8 Å². The van der Waals surface area contributed by atoms with Gasteiger partial charge in [0.2, 0.25) is 0 Å². The third-order valence-corrected chi connectivity index (χ3v) is 8.00. The van der Waals surface area contributed by atoms with Crippen molar-refractivity contribution in [3.63, 3.8) is 0 Å². The molecule has 0 aliphatic heterocycles. The summed E-state index contributed by atoms with van der Waals surface area (Å²) >= 11 is 6.02. The molecule has 2 amide bonds. The average Bonchev–Trinajstić information content (AvgIpc) is 3.00. The molecule has 0 saturated carbocycles. The summed E-state index contributed by atoms with van der Waals surface area (Å²) in [6.45, 7) is -1.12. The second kappa shape index (κ2) is 14.1. The van der Waals surface area contributed by atoms with Crippen LogP contribution in [0.1, 0.15) is 11.1 Å². The van der Waals surface area contributed by atoms with Gasteiger partial charge in [0.05, 0.1) is 33.1 Å². The third kappa shape index (κ3) is 8.58. The smallest absolute Gasteiger partial charge is 0.416 e. The summed E-state index contributed by atoms with van der Waals surface area (Å²) in [6.07, 6.45) is -3.46. The van der Waals surface area contributed by atoms with Crippen molar-refractivity contribution in [2.24, 2.45) is 5.10 Å². The van der Waals surface area contributed by atoms with Crippen LogP contribution in [0.5, 0.6) is 5.75 Å². The Kier molecular flexibility index (Phi) is 10.2. The molecule has 0 aliphatic carbocycles. The Morgan fingerprint density at radius 1 is 0.886 bits per heavy atom. The van der Waals surface area contributed by atoms with Crippen LogP contribution in [0.4, 0.5) is 24.5 Å². The van der Waals surface area contributed by atoms with E-state index in [0.717, 1.165) is 18.2 Å². The zero-order valence-corrected chi connectivity index (χ0v) is 24.2. The van der Waals surface area contributed by atoms with Crippen LogP contribution in [-0.4, -0.2) is 39.6 Å². The fraction of sp³-hybridized carbons (Fsp3) is 0.100. The Bertz CT molecular complexity index is 1750. The molecule has 4 aromatic rings. The molecule has 0 atom stereocenters. The lowest BCUT2D eigenvalue weighted by molar-refractivity contribution is -0.137. The fourth-order valence-electron chi connectivity index (χ4n) is 3.76. The fourth-order valence-corrected chi connectivity index (χ4v) is 5.38. The molecule has 0 unspecified atom stereocenters. The maximum atomic E-state index is 13.3. The number of amides is 2. The van der Waals surface area contributed by atoms with Crippen molar-refractivity contribution in [3.8, 4) is 5.75 Å². The van der Waals surface area contributed by atoms with Crippen molar-refractivity contribution in [3.05, 3.63) is 119 Å². The summed E-state index contributed by atoms with van der Waals surface area (Å²) < 4.78 is 72.7. The second-order valence-electron chi connectivity index (χ2n) is 9.05. The van der Waals surface area contributed by atoms with E-state index >= 15 is 0 Å². The first kappa shape index (κ1) is 32.0. The number of hydrogen-bond acceptors (Lipinski definition) is 6. The maximum Gasteiger partial charge on any atom is 0.416 e. The topological polar surface area (TPSA) is 117 Å². The van der Waals surface area contributed by atoms with Crippen molar-refractivity contribution < 1.29 is 35.9 Å². The number of nitrogens with one attached hydrogen (secondary N) is 2. The highest BCUT2D eigenvalue weighted by Gasteiger charge is 2.33. The minimum absolute atomic E-state index is 0.211. The summed E-state index contributed by atoms with van der Waals surface area (Å²) in [7, 11) is -4.42. The number of ether oxygens (including phenoxy) is 1. The summed E-state index contributed by atoms with van der Waals surface area (Å²) in [6, 6.07) is 23.7. The Labute approximate surface area is 256 Å². The van der Waals surface area contributed by atoms with Crippen LogP contribution in [0, 0.1) is 0 Å². The van der Waals surface area contributed by atoms with Gasteiger partial charge in [-0.1, -0.05) is 48.0 Å². The molecule has 0 aromatic heterocycles. The van der Waals surface area contributed by atoms with Crippen molar-refractivity contribution in [2.45, 2.75) is 11.1 Å². The van der Waals surface area contributed by atoms with Crippen LogP contribution in [0.2, 0.25) is 5.02 Å². The largest absolute Gasteiger partial charge is 0.484 e. The van der Waals surface area contributed by atoms with Crippen molar-refractivity contribution in [2.75, 3.05) is 22.8 Å². The monoisotopic (exact) mass is 644 g/mol. The number of halogens is 4. The zero-order chi connectivity index (χ0) is 31.7. The van der Waals surface area contributed by atoms with Gasteiger partial charge in [-0.25, -0.2) is 13.8 Å². The van der Waals surface area contributed by atoms with Crippen molar-refractivity contribution in [1.29, 1.82) is 0 Å². The number of hydrazone groups is 1. The first-order valence-corrected chi connectivity index (χ1v) is 14.6. The van der Waals surface area contributed by atoms with E-state index in [4.69, 9.17) is 16.3 Å². The number of nitrogens with zero attached hydrogens (tertiary/aromatic N) is 2. The number of sulfonamides is 1. The van der Waals surface area contributed by atoms with Gasteiger partial charge < -0.3 is 10.1 Å². The second-order valence-corrected chi connectivity index (χ2v) is 11.3. The SMILES string of the molecule is O=C(CN(c1cccc(C(F)(F)F)c1)S(=O)(=O)c1ccccc1)N/N=C\c1ccc(OCC(=O)Nc2ccccc2Cl)cc1. The number of carbonyl (C=O) groups excluding carboxylic acids is 2. The Morgan fingerprint density at radius 3 is 2.25 bits per heavy atom. The number of carbonyl (C=O) groups is 2. The van der Waals surface area contributed by atoms with Gasteiger partial charge >= 0.3 is 6.18 Å². The van der Waals surface area contributed by atoms with E-state index in [0.29, 0.717) is 32.4 Å². The highest BCUT2D eigenvalue weighted by molar-refractivity contribution is 7.92. The zero-order valence-electron chi connectivity index (χ0n) is 22.7. The van der Waals surface area contributed by atoms with Crippen LogP contribution >= 0.6 is 11.6 Å². The summed E-state index contributed by atoms with van der Waals surface area (Å²) in [5.74, 6) is -0.939. The van der Waals surface area contributed by atoms with Gasteiger partial charge in [0.15, 0.2) is 6.61 Å². The highest BCUT2D eigenvalue weighted by atomic mass is 35.5. The molecule has 44 heavy (non-hydrogen) atoms. The summed E-state index contributed by atoms with van der Waals surface area (Å²) in [4.78, 5) is 24.6. The number of benzene rings is 4. The predicted octanol–water partition coefficient (Wildman–Crippen LogP) is 5.72. The van der Waals surface area contributed by atoms with E-state index in [9.17, 15) is 31.2 Å². The lowest BCUT2D eigenvalue weighted by Crippen LogP contribution is -2.39. The highest BCUT2D eigenvalue weighted by Crippen LogP contribution is 2.33. The number of anilines is 2. The average molecular weight is 645 g/mol. The molecule has 4 aromatic carbocycles. The van der Waals surface area contributed by atoms with E-state index in [1.165, 1.54) is 30.5 Å². The standard InChI is InChI=1S/C30H24ClF3N4O5S/c31-26-11-4-5-12-27(26)36-29(40)20-43-24-15-13-21(14-16-24)18-35-37-28(39)19-38(44(41,42)25-9-2-1-3-10-25)23-8-6-7-22(17-23)30(32,33)34/h1-18H,19-20H2,(H,36,40)(H,37,39)/b35-18-. The quantitative estimate of drug-likeness (QED) is 0.160. The molecule has 0 radical (unpaired) electrons. The maximum absolute atomic E-state index is 13.3. The van der Waals surface area contributed by atoms with Crippen LogP contribution < -0.4 is 19.8 Å². The summed E-state index contributed by atoms with van der Waals surface area (Å²) in [5, 5.41) is 6.84. The van der Waals surface area contributed by atoms with E-state index < -0.39 is 40.1 Å². The van der Waals surface area contributed by atoms with E-state index in [1.807, 2.05) is 0 Å². The molecule has 228 valence electrons. The first-order chi connectivity index (χ1) is 20.9. The van der Waals surface area contributed by atoms with Crippen molar-refractivity contribution in [1.82, 2.24) is 5.43 Å². The third-order valence-electron chi connectivity index (χ3n) is 5.88. The minimum atomic E-state index is -4.73. The Hall–Kier alpha value is -4.88. The van der Waals surface area contributed by atoms with Gasteiger partial charge in [-0.05, 0) is 72.3 Å². The van der Waals surface area contributed by atoms with E-state index in [2.05, 4.69) is 15.8 Å². The van der Waals surface area contributed by atoms with Gasteiger partial charge in [-0.15, -0.1) is 0 Å². The first-order valence-electron chi connectivity index (χ1n) is 12.8. The van der Waals surface area contributed by atoms with Gasteiger partial charge in [0.1, 0.15) is 12.3 Å². The molecule has 9 nitrogen and oxygen atoms in total. The predicted molar refractivity (Wildman–Crippen MR) is 160 cm³/mol. The van der Waals surface area contributed by atoms with Crippen LogP contribution in [0.3, 0.4) is 0 Å². The lowest BCUT2D eigenvalue weighted by atomic mass is 10.2. The van der Waals surface area contributed by atoms with E-state index in [-0.39, 0.29) is 17.2 Å². The van der Waals surface area contributed by atoms with E-state index in [1.54, 1.807) is 54.6 Å². The molecule has 4 rings (SSSR count). The van der Waals surface area contributed by atoms with Crippen molar-refractivity contribution >= 4 is 51.0 Å². The molecular weight excluding hydrogens is 621 g/mol. The number of rotatable bonds is 11. The Balaban J connectivity index is 1.39. The molecule has 0 heterocycles. The van der Waals surface area contributed by atoms with Crippen LogP contribution in [0.15, 0.2) is 113 Å². The lowest BCUT2D eigenvalue weighted by Gasteiger charge is -2.24. The molecule has 0 spiro atoms. The van der Waals surface area contributed by atoms with Crippen LogP contribution in [0.25, 0.3) is 0 Å². The summed E-state index contributed by atoms with van der Waals surface area (Å²) in [5.41, 5.74) is 1.74. The number of alkyl halides is 3. The molecule has 0 aliphatic rings. The molecule has 0 fully saturated rings. The number of para-hydroxylation sites is 1. The number of hydrogen-bond donors (Lipinski definition) is 2. The minimum Gasteiger partial charge on any atom is -0.484 e. The van der Waals surface area contributed by atoms with Gasteiger partial charge in [-0.2, -0.15) is 18.3 Å². The molecular formula is C30H24ClF3N4O5S. The molecule has 0 saturated heterocycles. The Morgan fingerprint density at radius 2 is 1.57 bits per heavy atom.